The number of aromatic nitrogens is 2. The Labute approximate surface area is 178 Å². The van der Waals surface area contributed by atoms with Crippen molar-refractivity contribution < 1.29 is 14.0 Å². The number of hydrogen-bond acceptors (Lipinski definition) is 6. The molecule has 1 saturated carbocycles. The van der Waals surface area contributed by atoms with Gasteiger partial charge in [0.05, 0.1) is 14.2 Å². The summed E-state index contributed by atoms with van der Waals surface area (Å²) in [5.41, 5.74) is 1.30. The van der Waals surface area contributed by atoms with Crippen molar-refractivity contribution in [2.24, 2.45) is 4.99 Å². The second-order valence-electron chi connectivity index (χ2n) is 7.69. The van der Waals surface area contributed by atoms with Crippen LogP contribution < -0.4 is 20.1 Å². The summed E-state index contributed by atoms with van der Waals surface area (Å²) < 4.78 is 16.2. The van der Waals surface area contributed by atoms with Crippen molar-refractivity contribution in [3.63, 3.8) is 0 Å². The molecule has 0 unspecified atom stereocenters. The van der Waals surface area contributed by atoms with E-state index in [-0.39, 0.29) is 5.41 Å². The largest absolute Gasteiger partial charge is 0.493 e. The van der Waals surface area contributed by atoms with Crippen LogP contribution in [0.2, 0.25) is 0 Å². The Morgan fingerprint density at radius 3 is 2.53 bits per heavy atom. The first-order valence-corrected chi connectivity index (χ1v) is 10.6. The molecular formula is C22H33N5O3. The molecule has 0 atom stereocenters. The summed E-state index contributed by atoms with van der Waals surface area (Å²) in [5, 5.41) is 10.7. The number of nitrogens with zero attached hydrogens (tertiary/aromatic N) is 3. The molecule has 1 fully saturated rings. The number of nitrogens with one attached hydrogen (secondary N) is 2. The minimum absolute atomic E-state index is 0.0229. The third-order valence-corrected chi connectivity index (χ3v) is 5.69. The van der Waals surface area contributed by atoms with Gasteiger partial charge in [0.2, 0.25) is 5.89 Å². The van der Waals surface area contributed by atoms with Crippen molar-refractivity contribution in [1.82, 2.24) is 20.8 Å². The Bertz CT molecular complexity index is 843. The lowest BCUT2D eigenvalue weighted by Crippen LogP contribution is -2.46. The van der Waals surface area contributed by atoms with Crippen molar-refractivity contribution in [3.05, 3.63) is 35.5 Å². The average Bonchev–Trinajstić information content (AvgIpc) is 3.20. The number of rotatable bonds is 8. The second-order valence-corrected chi connectivity index (χ2v) is 7.69. The lowest BCUT2D eigenvalue weighted by molar-refractivity contribution is 0.288. The van der Waals surface area contributed by atoms with Crippen molar-refractivity contribution in [3.8, 4) is 11.5 Å². The van der Waals surface area contributed by atoms with E-state index in [1.54, 1.807) is 21.1 Å². The lowest BCUT2D eigenvalue weighted by atomic mass is 9.69. The van der Waals surface area contributed by atoms with E-state index >= 15 is 0 Å². The molecule has 8 heteroatoms. The van der Waals surface area contributed by atoms with E-state index in [9.17, 15) is 0 Å². The topological polar surface area (TPSA) is 93.8 Å². The Morgan fingerprint density at radius 1 is 1.13 bits per heavy atom. The molecular weight excluding hydrogens is 382 g/mol. The van der Waals surface area contributed by atoms with Crippen molar-refractivity contribution in [2.75, 3.05) is 27.3 Å². The van der Waals surface area contributed by atoms with Crippen LogP contribution >= 0.6 is 0 Å². The number of benzene rings is 1. The molecule has 1 aliphatic rings. The minimum Gasteiger partial charge on any atom is -0.493 e. The number of ether oxygens (including phenoxy) is 2. The van der Waals surface area contributed by atoms with Crippen LogP contribution in [0.25, 0.3) is 0 Å². The number of guanidine groups is 1. The molecule has 3 rings (SSSR count). The summed E-state index contributed by atoms with van der Waals surface area (Å²) in [5.74, 6) is 3.40. The first-order chi connectivity index (χ1) is 14.6. The summed E-state index contributed by atoms with van der Waals surface area (Å²) in [7, 11) is 3.35. The van der Waals surface area contributed by atoms with Crippen LogP contribution in [0.15, 0.2) is 27.7 Å². The van der Waals surface area contributed by atoms with Crippen LogP contribution in [-0.4, -0.2) is 43.4 Å². The smallest absolute Gasteiger partial charge is 0.248 e. The van der Waals surface area contributed by atoms with Gasteiger partial charge >= 0.3 is 0 Å². The molecule has 1 aliphatic carbocycles. The van der Waals surface area contributed by atoms with Gasteiger partial charge in [-0.3, -0.25) is 0 Å². The van der Waals surface area contributed by atoms with Crippen molar-refractivity contribution >= 4 is 5.96 Å². The highest BCUT2D eigenvalue weighted by Crippen LogP contribution is 2.42. The van der Waals surface area contributed by atoms with Crippen LogP contribution in [-0.2, 0) is 12.0 Å². The van der Waals surface area contributed by atoms with E-state index in [0.29, 0.717) is 18.3 Å². The molecule has 2 aromatic rings. The van der Waals surface area contributed by atoms with E-state index in [4.69, 9.17) is 14.0 Å². The predicted octanol–water partition coefficient (Wildman–Crippen LogP) is 3.35. The third-order valence-electron chi connectivity index (χ3n) is 5.69. The van der Waals surface area contributed by atoms with Gasteiger partial charge in [-0.25, -0.2) is 4.99 Å². The standard InChI is InChI=1S/C22H33N5O3/c1-5-23-21(24-14-20-26-16(2)27-30-20)25-15-22(11-7-6-8-12-22)17-9-10-18(28-3)19(13-17)29-4/h9-10,13H,5-8,11-12,14-15H2,1-4H3,(H2,23,24,25). The maximum atomic E-state index is 5.56. The van der Waals surface area contributed by atoms with Gasteiger partial charge < -0.3 is 24.6 Å². The second kappa shape index (κ2) is 10.3. The minimum atomic E-state index is 0.0229. The first kappa shape index (κ1) is 21.9. The zero-order valence-electron chi connectivity index (χ0n) is 18.5. The highest BCUT2D eigenvalue weighted by atomic mass is 16.5. The highest BCUT2D eigenvalue weighted by molar-refractivity contribution is 5.79. The number of hydrogen-bond donors (Lipinski definition) is 2. The van der Waals surface area contributed by atoms with Gasteiger partial charge in [0.15, 0.2) is 23.3 Å². The monoisotopic (exact) mass is 415 g/mol. The number of aliphatic imine (C=N–C) groups is 1. The number of methoxy groups -OCH3 is 2. The molecule has 0 aliphatic heterocycles. The molecule has 0 bridgehead atoms. The number of aryl methyl sites for hydroxylation is 1. The van der Waals surface area contributed by atoms with Crippen molar-refractivity contribution in [1.29, 1.82) is 0 Å². The molecule has 0 radical (unpaired) electrons. The van der Waals surface area contributed by atoms with Gasteiger partial charge in [0.1, 0.15) is 6.54 Å². The quantitative estimate of drug-likeness (QED) is 0.504. The molecule has 1 heterocycles. The molecule has 30 heavy (non-hydrogen) atoms. The predicted molar refractivity (Wildman–Crippen MR) is 116 cm³/mol. The van der Waals surface area contributed by atoms with E-state index in [2.05, 4.69) is 44.8 Å². The van der Waals surface area contributed by atoms with Crippen LogP contribution in [0.3, 0.4) is 0 Å². The van der Waals surface area contributed by atoms with E-state index in [1.807, 2.05) is 6.07 Å². The normalized spacial score (nSPS) is 16.2. The van der Waals surface area contributed by atoms with Gasteiger partial charge in [-0.1, -0.05) is 30.5 Å². The summed E-state index contributed by atoms with van der Waals surface area (Å²) in [6.45, 7) is 5.77. The molecule has 164 valence electrons. The zero-order chi connectivity index (χ0) is 21.4. The van der Waals surface area contributed by atoms with Crippen LogP contribution in [0.5, 0.6) is 11.5 Å². The first-order valence-electron chi connectivity index (χ1n) is 10.6. The molecule has 0 amide bonds. The SMILES string of the molecule is CCNC(=NCc1nc(C)no1)NCC1(c2ccc(OC)c(OC)c2)CCCCC1. The fraction of sp³-hybridized carbons (Fsp3) is 0.591. The molecule has 1 aromatic carbocycles. The lowest BCUT2D eigenvalue weighted by Gasteiger charge is -2.38. The molecule has 2 N–H and O–H groups in total. The fourth-order valence-electron chi connectivity index (χ4n) is 4.11. The zero-order valence-corrected chi connectivity index (χ0v) is 18.5. The molecule has 8 nitrogen and oxygen atoms in total. The van der Waals surface area contributed by atoms with E-state index in [0.717, 1.165) is 43.4 Å². The Kier molecular flexibility index (Phi) is 7.54. The van der Waals surface area contributed by atoms with Gasteiger partial charge in [0, 0.05) is 18.5 Å². The summed E-state index contributed by atoms with van der Waals surface area (Å²) in [4.78, 5) is 8.84. The third kappa shape index (κ3) is 5.23. The molecule has 0 spiro atoms. The van der Waals surface area contributed by atoms with E-state index in [1.165, 1.54) is 24.8 Å². The van der Waals surface area contributed by atoms with Crippen LogP contribution in [0.4, 0.5) is 0 Å². The van der Waals surface area contributed by atoms with Gasteiger partial charge in [-0.2, -0.15) is 4.98 Å². The van der Waals surface area contributed by atoms with Crippen LogP contribution in [0.1, 0.15) is 56.3 Å². The Morgan fingerprint density at radius 2 is 1.90 bits per heavy atom. The average molecular weight is 416 g/mol. The van der Waals surface area contributed by atoms with Gasteiger partial charge in [0.25, 0.3) is 0 Å². The summed E-state index contributed by atoms with van der Waals surface area (Å²) in [6, 6.07) is 6.29. The maximum Gasteiger partial charge on any atom is 0.248 e. The summed E-state index contributed by atoms with van der Waals surface area (Å²) in [6.07, 6.45) is 5.95. The molecule has 1 aromatic heterocycles. The maximum absolute atomic E-state index is 5.56. The molecule has 0 saturated heterocycles. The highest BCUT2D eigenvalue weighted by Gasteiger charge is 2.34. The van der Waals surface area contributed by atoms with Crippen molar-refractivity contribution in [2.45, 2.75) is 57.9 Å². The van der Waals surface area contributed by atoms with Crippen LogP contribution in [0, 0.1) is 6.92 Å². The Balaban J connectivity index is 1.79. The van der Waals surface area contributed by atoms with Gasteiger partial charge in [-0.05, 0) is 44.4 Å². The van der Waals surface area contributed by atoms with E-state index < -0.39 is 0 Å². The fourth-order valence-corrected chi connectivity index (χ4v) is 4.11. The van der Waals surface area contributed by atoms with Gasteiger partial charge in [-0.15, -0.1) is 0 Å². The Hall–Kier alpha value is -2.77. The summed E-state index contributed by atoms with van der Waals surface area (Å²) >= 11 is 0.